The van der Waals surface area contributed by atoms with Gasteiger partial charge in [0.2, 0.25) is 0 Å². The van der Waals surface area contributed by atoms with Gasteiger partial charge in [-0.1, -0.05) is 53.8 Å². The Morgan fingerprint density at radius 1 is 1.16 bits per heavy atom. The minimum absolute atomic E-state index is 0.136. The Hall–Kier alpha value is -1.76. The van der Waals surface area contributed by atoms with E-state index < -0.39 is 0 Å². The molecule has 1 heterocycles. The van der Waals surface area contributed by atoms with Crippen LogP contribution in [0.2, 0.25) is 0 Å². The predicted octanol–water partition coefficient (Wildman–Crippen LogP) is 4.65. The van der Waals surface area contributed by atoms with Gasteiger partial charge in [0.1, 0.15) is 10.1 Å². The van der Waals surface area contributed by atoms with Gasteiger partial charge in [0.25, 0.3) is 5.91 Å². The molecule has 3 nitrogen and oxygen atoms in total. The summed E-state index contributed by atoms with van der Waals surface area (Å²) in [5.41, 5.74) is 2.22. The fourth-order valence-corrected chi connectivity index (χ4v) is 3.96. The molecular formula is C19H17NO2S3. The van der Waals surface area contributed by atoms with Crippen LogP contribution in [-0.4, -0.2) is 22.6 Å². The fraction of sp³-hybridized carbons (Fsp3) is 0.158. The largest absolute Gasteiger partial charge is 0.493 e. The summed E-state index contributed by atoms with van der Waals surface area (Å²) in [4.78, 5) is 13.5. The van der Waals surface area contributed by atoms with Gasteiger partial charge in [-0.2, -0.15) is 0 Å². The third kappa shape index (κ3) is 5.36. The Kier molecular flexibility index (Phi) is 6.18. The van der Waals surface area contributed by atoms with Crippen LogP contribution in [0.15, 0.2) is 58.3 Å². The third-order valence-corrected chi connectivity index (χ3v) is 5.60. The van der Waals surface area contributed by atoms with Crippen LogP contribution in [0.4, 0.5) is 0 Å². The zero-order valence-corrected chi connectivity index (χ0v) is 16.1. The van der Waals surface area contributed by atoms with Gasteiger partial charge in [-0.3, -0.25) is 4.79 Å². The number of hydrogen-bond donors (Lipinski definition) is 1. The molecule has 1 saturated heterocycles. The van der Waals surface area contributed by atoms with Gasteiger partial charge >= 0.3 is 0 Å². The molecule has 1 aliphatic heterocycles. The van der Waals surface area contributed by atoms with Gasteiger partial charge in [-0.15, -0.1) is 11.8 Å². The molecule has 0 saturated carbocycles. The molecule has 2 aromatic carbocycles. The molecule has 1 amide bonds. The van der Waals surface area contributed by atoms with Crippen molar-refractivity contribution >= 4 is 52.0 Å². The highest BCUT2D eigenvalue weighted by Crippen LogP contribution is 2.26. The van der Waals surface area contributed by atoms with E-state index in [0.29, 0.717) is 15.8 Å². The van der Waals surface area contributed by atoms with Crippen molar-refractivity contribution in [3.63, 3.8) is 0 Å². The summed E-state index contributed by atoms with van der Waals surface area (Å²) in [6.07, 6.45) is 1.83. The van der Waals surface area contributed by atoms with Crippen LogP contribution in [0.3, 0.4) is 0 Å². The summed E-state index contributed by atoms with van der Waals surface area (Å²) in [6, 6.07) is 16.2. The average molecular weight is 388 g/mol. The van der Waals surface area contributed by atoms with E-state index in [1.54, 1.807) is 11.8 Å². The Bertz CT molecular complexity index is 798. The van der Waals surface area contributed by atoms with Crippen LogP contribution in [0.25, 0.3) is 6.08 Å². The van der Waals surface area contributed by atoms with E-state index in [1.165, 1.54) is 22.2 Å². The molecule has 3 rings (SSSR count). The van der Waals surface area contributed by atoms with Crippen LogP contribution >= 0.6 is 35.7 Å². The lowest BCUT2D eigenvalue weighted by Crippen LogP contribution is -2.17. The molecule has 0 bridgehead atoms. The van der Waals surface area contributed by atoms with Crippen LogP contribution in [0.1, 0.15) is 11.1 Å². The summed E-state index contributed by atoms with van der Waals surface area (Å²) in [7, 11) is 0. The number of thioether (sulfide) groups is 2. The number of amides is 1. The van der Waals surface area contributed by atoms with Gasteiger partial charge in [0.05, 0.1) is 11.5 Å². The van der Waals surface area contributed by atoms with Crippen LogP contribution in [-0.2, 0) is 4.79 Å². The van der Waals surface area contributed by atoms with E-state index >= 15 is 0 Å². The van der Waals surface area contributed by atoms with E-state index in [2.05, 4.69) is 36.5 Å². The quantitative estimate of drug-likeness (QED) is 0.338. The molecule has 0 spiro atoms. The number of aryl methyl sites for hydroxylation is 1. The van der Waals surface area contributed by atoms with Gasteiger partial charge < -0.3 is 10.1 Å². The van der Waals surface area contributed by atoms with Gasteiger partial charge in [0, 0.05) is 10.6 Å². The maximum atomic E-state index is 11.7. The van der Waals surface area contributed by atoms with E-state index in [1.807, 2.05) is 30.3 Å². The summed E-state index contributed by atoms with van der Waals surface area (Å²) >= 11 is 8.04. The predicted molar refractivity (Wildman–Crippen MR) is 110 cm³/mol. The van der Waals surface area contributed by atoms with Crippen molar-refractivity contribution in [2.75, 3.05) is 12.4 Å². The lowest BCUT2D eigenvalue weighted by atomic mass is 10.2. The zero-order valence-electron chi connectivity index (χ0n) is 13.7. The highest BCUT2D eigenvalue weighted by atomic mass is 32.2. The molecule has 128 valence electrons. The normalized spacial score (nSPS) is 15.5. The molecule has 25 heavy (non-hydrogen) atoms. The van der Waals surface area contributed by atoms with Crippen LogP contribution in [0.5, 0.6) is 5.75 Å². The molecule has 0 atom stereocenters. The average Bonchev–Trinajstić information content (AvgIpc) is 2.92. The van der Waals surface area contributed by atoms with E-state index in [-0.39, 0.29) is 5.91 Å². The molecule has 1 fully saturated rings. The summed E-state index contributed by atoms with van der Waals surface area (Å²) < 4.78 is 6.27. The first-order valence-electron chi connectivity index (χ1n) is 7.77. The number of nitrogens with one attached hydrogen (secondary N) is 1. The third-order valence-electron chi connectivity index (χ3n) is 3.46. The summed E-state index contributed by atoms with van der Waals surface area (Å²) in [6.45, 7) is 2.73. The number of carbonyl (C=O) groups is 1. The highest BCUT2D eigenvalue weighted by Gasteiger charge is 2.21. The summed E-state index contributed by atoms with van der Waals surface area (Å²) in [5.74, 6) is 1.58. The number of hydrogen-bond acceptors (Lipinski definition) is 5. The first-order chi connectivity index (χ1) is 12.1. The van der Waals surface area contributed by atoms with Crippen molar-refractivity contribution in [2.45, 2.75) is 11.8 Å². The lowest BCUT2D eigenvalue weighted by Gasteiger charge is -2.07. The first-order valence-corrected chi connectivity index (χ1v) is 9.98. The number of carbonyl (C=O) groups excluding carboxylic acids is 1. The molecule has 2 aromatic rings. The van der Waals surface area contributed by atoms with E-state index in [0.717, 1.165) is 17.1 Å². The molecule has 0 aliphatic carbocycles. The van der Waals surface area contributed by atoms with Crippen molar-refractivity contribution in [2.24, 2.45) is 0 Å². The second-order valence-corrected chi connectivity index (χ2v) is 8.32. The minimum Gasteiger partial charge on any atom is -0.493 e. The van der Waals surface area contributed by atoms with E-state index in [9.17, 15) is 4.79 Å². The molecule has 0 radical (unpaired) electrons. The SMILES string of the molecule is Cc1ccc(SCCOc2ccc(C=C3SC(=S)NC3=O)cc2)cc1. The summed E-state index contributed by atoms with van der Waals surface area (Å²) in [5, 5.41) is 2.61. The minimum atomic E-state index is -0.136. The standard InChI is InChI=1S/C19H17NO2S3/c1-13-2-8-16(9-3-13)24-11-10-22-15-6-4-14(5-7-15)12-17-18(21)20-19(23)25-17/h2-9,12H,10-11H2,1H3,(H,20,21,23). The van der Waals surface area contributed by atoms with Crippen molar-refractivity contribution in [1.82, 2.24) is 5.32 Å². The van der Waals surface area contributed by atoms with Crippen molar-refractivity contribution in [3.05, 3.63) is 64.6 Å². The molecule has 0 aromatic heterocycles. The monoisotopic (exact) mass is 387 g/mol. The molecular weight excluding hydrogens is 370 g/mol. The topological polar surface area (TPSA) is 38.3 Å². The Morgan fingerprint density at radius 3 is 2.52 bits per heavy atom. The molecule has 0 unspecified atom stereocenters. The second kappa shape index (κ2) is 8.56. The fourth-order valence-electron chi connectivity index (χ4n) is 2.19. The van der Waals surface area contributed by atoms with Crippen molar-refractivity contribution < 1.29 is 9.53 Å². The van der Waals surface area contributed by atoms with Gasteiger partial charge in [0.15, 0.2) is 0 Å². The van der Waals surface area contributed by atoms with Gasteiger partial charge in [-0.05, 0) is 42.8 Å². The number of benzene rings is 2. The zero-order chi connectivity index (χ0) is 17.6. The molecule has 6 heteroatoms. The lowest BCUT2D eigenvalue weighted by molar-refractivity contribution is -0.115. The Morgan fingerprint density at radius 2 is 1.88 bits per heavy atom. The smallest absolute Gasteiger partial charge is 0.263 e. The van der Waals surface area contributed by atoms with Crippen molar-refractivity contribution in [1.29, 1.82) is 0 Å². The van der Waals surface area contributed by atoms with Crippen molar-refractivity contribution in [3.8, 4) is 5.75 Å². The number of thiocarbonyl (C=S) groups is 1. The van der Waals surface area contributed by atoms with E-state index in [4.69, 9.17) is 17.0 Å². The van der Waals surface area contributed by atoms with Crippen LogP contribution in [0, 0.1) is 6.92 Å². The Balaban J connectivity index is 1.48. The molecule has 1 aliphatic rings. The number of rotatable bonds is 6. The first kappa shape index (κ1) is 18.0. The maximum Gasteiger partial charge on any atom is 0.263 e. The number of ether oxygens (including phenoxy) is 1. The molecule has 1 N–H and O–H groups in total. The van der Waals surface area contributed by atoms with Gasteiger partial charge in [-0.25, -0.2) is 0 Å². The van der Waals surface area contributed by atoms with Crippen LogP contribution < -0.4 is 10.1 Å². The Labute approximate surface area is 161 Å². The maximum absolute atomic E-state index is 11.7. The second-order valence-electron chi connectivity index (χ2n) is 5.43. The highest BCUT2D eigenvalue weighted by molar-refractivity contribution is 8.26.